The Morgan fingerprint density at radius 1 is 1.03 bits per heavy atom. The number of aromatic nitrogens is 1. The number of nitrogens with zero attached hydrogens (tertiary/aromatic N) is 1. The van der Waals surface area contributed by atoms with Crippen molar-refractivity contribution in [3.63, 3.8) is 0 Å². The van der Waals surface area contributed by atoms with Gasteiger partial charge in [0.15, 0.2) is 23.1 Å². The minimum Gasteiger partial charge on any atom is -0.441 e. The normalized spacial score (nSPS) is 43.1. The summed E-state index contributed by atoms with van der Waals surface area (Å²) in [5.74, 6) is 1.59. The second kappa shape index (κ2) is 8.76. The van der Waals surface area contributed by atoms with Crippen molar-refractivity contribution in [1.29, 1.82) is 0 Å². The summed E-state index contributed by atoms with van der Waals surface area (Å²) in [6.07, 6.45) is 9.50. The van der Waals surface area contributed by atoms with Crippen LogP contribution >= 0.6 is 0 Å². The SMILES string of the molecule is CC(CCc1nc2c(F)c(F)ccc2o1)[C@H]1CC[C@H]2[C@@H]3[C@H](O)C[C@@H]4C[C@H](O)CC[C@]4(C)[C@H]3CC[C@]12C. The molecule has 4 fully saturated rings. The van der Waals surface area contributed by atoms with Crippen molar-refractivity contribution >= 4 is 11.1 Å². The third-order valence-electron chi connectivity index (χ3n) is 11.7. The number of fused-ring (bicyclic) bond motifs is 6. The van der Waals surface area contributed by atoms with Crippen LogP contribution in [0.15, 0.2) is 16.5 Å². The van der Waals surface area contributed by atoms with Gasteiger partial charge in [0, 0.05) is 6.42 Å². The van der Waals surface area contributed by atoms with Gasteiger partial charge in [0.25, 0.3) is 0 Å². The molecule has 0 aliphatic heterocycles. The molecule has 1 unspecified atom stereocenters. The van der Waals surface area contributed by atoms with Crippen molar-refractivity contribution in [3.05, 3.63) is 29.7 Å². The summed E-state index contributed by atoms with van der Waals surface area (Å²) in [7, 11) is 0. The number of aliphatic hydroxyl groups is 2. The maximum Gasteiger partial charge on any atom is 0.195 e. The summed E-state index contributed by atoms with van der Waals surface area (Å²) in [5, 5.41) is 21.7. The van der Waals surface area contributed by atoms with Gasteiger partial charge < -0.3 is 14.6 Å². The Hall–Kier alpha value is -1.53. The minimum absolute atomic E-state index is 0.0165. The second-order valence-corrected chi connectivity index (χ2v) is 13.3. The summed E-state index contributed by atoms with van der Waals surface area (Å²) in [6, 6.07) is 2.53. The Bertz CT molecular complexity index is 1130. The molecule has 0 amide bonds. The molecule has 4 aliphatic carbocycles. The second-order valence-electron chi connectivity index (χ2n) is 13.3. The zero-order valence-electron chi connectivity index (χ0n) is 21.9. The van der Waals surface area contributed by atoms with Crippen molar-refractivity contribution < 1.29 is 23.4 Å². The van der Waals surface area contributed by atoms with E-state index in [0.29, 0.717) is 53.4 Å². The summed E-state index contributed by atoms with van der Waals surface area (Å²) < 4.78 is 33.4. The van der Waals surface area contributed by atoms with E-state index in [1.54, 1.807) is 0 Å². The van der Waals surface area contributed by atoms with Crippen LogP contribution in [0.4, 0.5) is 8.78 Å². The number of rotatable bonds is 4. The fourth-order valence-electron chi connectivity index (χ4n) is 9.82. The third-order valence-corrected chi connectivity index (χ3v) is 11.7. The molecular formula is C30H41F2NO3. The van der Waals surface area contributed by atoms with Gasteiger partial charge >= 0.3 is 0 Å². The highest BCUT2D eigenvalue weighted by molar-refractivity contribution is 5.73. The number of hydrogen-bond donors (Lipinski definition) is 2. The molecule has 0 radical (unpaired) electrons. The molecule has 1 aromatic carbocycles. The summed E-state index contributed by atoms with van der Waals surface area (Å²) in [4.78, 5) is 4.25. The molecule has 0 bridgehead atoms. The fraction of sp³-hybridized carbons (Fsp3) is 0.767. The van der Waals surface area contributed by atoms with E-state index >= 15 is 0 Å². The van der Waals surface area contributed by atoms with Crippen LogP contribution in [0.5, 0.6) is 0 Å². The number of oxazole rings is 1. The standard InChI is InChI=1S/C30H41F2NO3/c1-16(4-9-25-33-28-24(36-25)8-7-22(31)27(28)32)19-5-6-20-26-21(11-13-30(19,20)3)29(2)12-10-18(34)14-17(29)15-23(26)35/h7-8,16-21,23,26,34-35H,4-6,9-15H2,1-3H3/t16?,17-,18+,19+,20-,21-,23+,26-,29-,30+/m0/s1. The van der Waals surface area contributed by atoms with E-state index in [1.165, 1.54) is 31.7 Å². The Labute approximate surface area is 212 Å². The average Bonchev–Trinajstić information content (AvgIpc) is 3.42. The van der Waals surface area contributed by atoms with Crippen LogP contribution in [0.25, 0.3) is 11.1 Å². The van der Waals surface area contributed by atoms with E-state index in [4.69, 9.17) is 4.42 Å². The molecule has 36 heavy (non-hydrogen) atoms. The zero-order chi connectivity index (χ0) is 25.4. The van der Waals surface area contributed by atoms with E-state index in [1.807, 2.05) is 0 Å². The zero-order valence-corrected chi connectivity index (χ0v) is 21.9. The Balaban J connectivity index is 1.17. The number of aryl methyl sites for hydroxylation is 1. The smallest absolute Gasteiger partial charge is 0.195 e. The molecule has 0 spiro atoms. The van der Waals surface area contributed by atoms with Gasteiger partial charge in [0.1, 0.15) is 5.52 Å². The van der Waals surface area contributed by atoms with Crippen LogP contribution in [0.1, 0.15) is 84.4 Å². The number of benzene rings is 1. The van der Waals surface area contributed by atoms with E-state index in [9.17, 15) is 19.0 Å². The van der Waals surface area contributed by atoms with E-state index in [0.717, 1.165) is 38.2 Å². The lowest BCUT2D eigenvalue weighted by molar-refractivity contribution is -0.174. The van der Waals surface area contributed by atoms with E-state index in [2.05, 4.69) is 25.8 Å². The molecule has 0 saturated heterocycles. The molecule has 4 saturated carbocycles. The first-order chi connectivity index (χ1) is 17.1. The van der Waals surface area contributed by atoms with E-state index < -0.39 is 11.6 Å². The third kappa shape index (κ3) is 3.68. The highest BCUT2D eigenvalue weighted by Crippen LogP contribution is 2.68. The molecule has 2 N–H and O–H groups in total. The summed E-state index contributed by atoms with van der Waals surface area (Å²) in [5.41, 5.74) is 0.749. The van der Waals surface area contributed by atoms with Gasteiger partial charge in [-0.2, -0.15) is 0 Å². The van der Waals surface area contributed by atoms with Crippen LogP contribution in [-0.2, 0) is 6.42 Å². The van der Waals surface area contributed by atoms with E-state index in [-0.39, 0.29) is 28.6 Å². The molecule has 1 aromatic heterocycles. The largest absolute Gasteiger partial charge is 0.441 e. The Morgan fingerprint density at radius 2 is 1.78 bits per heavy atom. The van der Waals surface area contributed by atoms with Gasteiger partial charge in [0.2, 0.25) is 0 Å². The van der Waals surface area contributed by atoms with Crippen molar-refractivity contribution in [2.75, 3.05) is 0 Å². The molecule has 6 rings (SSSR count). The van der Waals surface area contributed by atoms with Crippen molar-refractivity contribution in [1.82, 2.24) is 4.98 Å². The van der Waals surface area contributed by atoms with Crippen LogP contribution in [0.3, 0.4) is 0 Å². The molecule has 6 heteroatoms. The van der Waals surface area contributed by atoms with Crippen LogP contribution in [0.2, 0.25) is 0 Å². The molecule has 10 atom stereocenters. The highest BCUT2D eigenvalue weighted by Gasteiger charge is 2.62. The molecule has 4 nitrogen and oxygen atoms in total. The van der Waals surface area contributed by atoms with Crippen molar-refractivity contribution in [3.8, 4) is 0 Å². The van der Waals surface area contributed by atoms with Gasteiger partial charge in [-0.1, -0.05) is 20.8 Å². The predicted octanol–water partition coefficient (Wildman–Crippen LogP) is 6.67. The number of aliphatic hydroxyl groups excluding tert-OH is 2. The lowest BCUT2D eigenvalue weighted by Gasteiger charge is -2.62. The monoisotopic (exact) mass is 501 g/mol. The van der Waals surface area contributed by atoms with Gasteiger partial charge in [-0.15, -0.1) is 0 Å². The van der Waals surface area contributed by atoms with Crippen LogP contribution in [0, 0.1) is 58.0 Å². The number of halogens is 2. The maximum absolute atomic E-state index is 14.1. The first-order valence-electron chi connectivity index (χ1n) is 14.2. The highest BCUT2D eigenvalue weighted by atomic mass is 19.2. The fourth-order valence-corrected chi connectivity index (χ4v) is 9.82. The number of hydrogen-bond acceptors (Lipinski definition) is 4. The molecule has 4 aliphatic rings. The van der Waals surface area contributed by atoms with Gasteiger partial charge in [-0.05, 0) is 116 Å². The topological polar surface area (TPSA) is 66.5 Å². The lowest BCUT2D eigenvalue weighted by Crippen LogP contribution is -2.58. The predicted molar refractivity (Wildman–Crippen MR) is 134 cm³/mol. The first kappa shape index (κ1) is 24.8. The van der Waals surface area contributed by atoms with Crippen LogP contribution < -0.4 is 0 Å². The lowest BCUT2D eigenvalue weighted by atomic mass is 9.43. The Kier molecular flexibility index (Phi) is 6.03. The quantitative estimate of drug-likeness (QED) is 0.491. The minimum atomic E-state index is -0.937. The van der Waals surface area contributed by atoms with Crippen LogP contribution in [-0.4, -0.2) is 27.4 Å². The Morgan fingerprint density at radius 3 is 2.58 bits per heavy atom. The summed E-state index contributed by atoms with van der Waals surface area (Å²) >= 11 is 0. The molecule has 2 aromatic rings. The van der Waals surface area contributed by atoms with Gasteiger partial charge in [0.05, 0.1) is 12.2 Å². The molecule has 198 valence electrons. The molecule has 1 heterocycles. The first-order valence-corrected chi connectivity index (χ1v) is 14.2. The van der Waals surface area contributed by atoms with Gasteiger partial charge in [-0.25, -0.2) is 13.8 Å². The van der Waals surface area contributed by atoms with Crippen molar-refractivity contribution in [2.24, 2.45) is 46.3 Å². The van der Waals surface area contributed by atoms with Gasteiger partial charge in [-0.3, -0.25) is 0 Å². The molecular weight excluding hydrogens is 460 g/mol. The maximum atomic E-state index is 14.1. The average molecular weight is 502 g/mol. The summed E-state index contributed by atoms with van der Waals surface area (Å²) in [6.45, 7) is 7.26. The van der Waals surface area contributed by atoms with Crippen molar-refractivity contribution in [2.45, 2.75) is 97.2 Å².